The molecule has 0 saturated carbocycles. The highest BCUT2D eigenvalue weighted by molar-refractivity contribution is 7.71. The average molecular weight is 318 g/mol. The number of aromatic amines is 1. The molecule has 0 bridgehead atoms. The van der Waals surface area contributed by atoms with Gasteiger partial charge in [0.25, 0.3) is 0 Å². The van der Waals surface area contributed by atoms with Gasteiger partial charge in [-0.3, -0.25) is 4.57 Å². The van der Waals surface area contributed by atoms with Crippen LogP contribution in [0.4, 0.5) is 17.6 Å². The van der Waals surface area contributed by atoms with Crippen molar-refractivity contribution in [3.05, 3.63) is 46.2 Å². The Hall–Kier alpha value is -1.63. The second-order valence-electron chi connectivity index (χ2n) is 5.73. The van der Waals surface area contributed by atoms with Gasteiger partial charge >= 0.3 is 6.18 Å². The number of aromatic nitrogens is 2. The second-order valence-corrected chi connectivity index (χ2v) is 6.11. The SMILES string of the molecule is CC(C)(C)c1c[nH]c(=S)n1-c1ccc(F)c(C(F)(F)F)c1. The fourth-order valence-corrected chi connectivity index (χ4v) is 2.31. The minimum absolute atomic E-state index is 0.180. The molecule has 1 aromatic heterocycles. The highest BCUT2D eigenvalue weighted by Crippen LogP contribution is 2.34. The highest BCUT2D eigenvalue weighted by Gasteiger charge is 2.34. The highest BCUT2D eigenvalue weighted by atomic mass is 32.1. The van der Waals surface area contributed by atoms with Crippen LogP contribution in [0.2, 0.25) is 0 Å². The number of alkyl halides is 3. The van der Waals surface area contributed by atoms with Gasteiger partial charge in [0.2, 0.25) is 0 Å². The van der Waals surface area contributed by atoms with E-state index < -0.39 is 17.6 Å². The summed E-state index contributed by atoms with van der Waals surface area (Å²) in [5.74, 6) is -1.30. The molecular weight excluding hydrogens is 304 g/mol. The lowest BCUT2D eigenvalue weighted by Crippen LogP contribution is -2.17. The van der Waals surface area contributed by atoms with Crippen LogP contribution < -0.4 is 0 Å². The summed E-state index contributed by atoms with van der Waals surface area (Å²) in [6.07, 6.45) is -3.10. The van der Waals surface area contributed by atoms with Crippen LogP contribution in [0.15, 0.2) is 24.4 Å². The zero-order chi connectivity index (χ0) is 16.0. The van der Waals surface area contributed by atoms with E-state index in [0.717, 1.165) is 12.1 Å². The van der Waals surface area contributed by atoms with E-state index in [2.05, 4.69) is 4.98 Å². The molecule has 2 nitrogen and oxygen atoms in total. The lowest BCUT2D eigenvalue weighted by molar-refractivity contribution is -0.140. The Morgan fingerprint density at radius 2 is 1.76 bits per heavy atom. The van der Waals surface area contributed by atoms with Crippen LogP contribution in [0.1, 0.15) is 32.0 Å². The Morgan fingerprint density at radius 1 is 1.14 bits per heavy atom. The molecule has 114 valence electrons. The van der Waals surface area contributed by atoms with Gasteiger partial charge in [0.15, 0.2) is 4.77 Å². The van der Waals surface area contributed by atoms with Crippen LogP contribution in [-0.2, 0) is 11.6 Å². The van der Waals surface area contributed by atoms with Gasteiger partial charge in [0.1, 0.15) is 5.82 Å². The van der Waals surface area contributed by atoms with Gasteiger partial charge in [-0.1, -0.05) is 20.8 Å². The molecule has 0 saturated heterocycles. The van der Waals surface area contributed by atoms with Gasteiger partial charge in [0, 0.05) is 23.0 Å². The zero-order valence-corrected chi connectivity index (χ0v) is 12.5. The van der Waals surface area contributed by atoms with Crippen LogP contribution in [0.25, 0.3) is 5.69 Å². The van der Waals surface area contributed by atoms with Gasteiger partial charge in [-0.2, -0.15) is 13.2 Å². The fourth-order valence-electron chi connectivity index (χ4n) is 2.05. The Balaban J connectivity index is 2.70. The Bertz CT molecular complexity index is 720. The number of nitrogens with one attached hydrogen (secondary N) is 1. The maximum absolute atomic E-state index is 13.4. The molecule has 0 aliphatic rings. The predicted molar refractivity (Wildman–Crippen MR) is 74.6 cm³/mol. The first-order valence-electron chi connectivity index (χ1n) is 6.20. The average Bonchev–Trinajstić information content (AvgIpc) is 2.70. The van der Waals surface area contributed by atoms with E-state index in [1.807, 2.05) is 20.8 Å². The van der Waals surface area contributed by atoms with Gasteiger partial charge in [-0.15, -0.1) is 0 Å². The molecule has 2 aromatic rings. The summed E-state index contributed by atoms with van der Waals surface area (Å²) in [5.41, 5.74) is -0.740. The number of hydrogen-bond donors (Lipinski definition) is 1. The van der Waals surface area contributed by atoms with Crippen LogP contribution in [0.5, 0.6) is 0 Å². The van der Waals surface area contributed by atoms with Crippen molar-refractivity contribution >= 4 is 12.2 Å². The van der Waals surface area contributed by atoms with Crippen molar-refractivity contribution in [2.75, 3.05) is 0 Å². The number of H-pyrrole nitrogens is 1. The zero-order valence-electron chi connectivity index (χ0n) is 11.7. The third kappa shape index (κ3) is 3.02. The first-order chi connectivity index (χ1) is 9.51. The second kappa shape index (κ2) is 4.98. The maximum Gasteiger partial charge on any atom is 0.419 e. The molecule has 1 heterocycles. The van der Waals surface area contributed by atoms with Gasteiger partial charge in [-0.05, 0) is 30.4 Å². The summed E-state index contributed by atoms with van der Waals surface area (Å²) >= 11 is 5.13. The van der Waals surface area contributed by atoms with E-state index >= 15 is 0 Å². The van der Waals surface area contributed by atoms with Crippen molar-refractivity contribution in [3.63, 3.8) is 0 Å². The summed E-state index contributed by atoms with van der Waals surface area (Å²) in [6, 6.07) is 2.86. The number of nitrogens with zero attached hydrogens (tertiary/aromatic N) is 1. The molecule has 0 amide bonds. The standard InChI is InChI=1S/C14H14F4N2S/c1-13(2,3)11-7-19-12(21)20(11)8-4-5-10(15)9(6-8)14(16,17)18/h4-7H,1-3H3,(H,19,21). The number of rotatable bonds is 1. The quantitative estimate of drug-likeness (QED) is 0.580. The smallest absolute Gasteiger partial charge is 0.337 e. The third-order valence-electron chi connectivity index (χ3n) is 3.06. The van der Waals surface area contributed by atoms with Crippen LogP contribution in [0.3, 0.4) is 0 Å². The van der Waals surface area contributed by atoms with Gasteiger partial charge in [0.05, 0.1) is 5.56 Å². The summed E-state index contributed by atoms with van der Waals surface area (Å²) in [7, 11) is 0. The minimum Gasteiger partial charge on any atom is -0.337 e. The van der Waals surface area contributed by atoms with E-state index in [1.54, 1.807) is 6.20 Å². The molecule has 2 rings (SSSR count). The topological polar surface area (TPSA) is 20.7 Å². The van der Waals surface area contributed by atoms with Crippen LogP contribution in [-0.4, -0.2) is 9.55 Å². The van der Waals surface area contributed by atoms with Crippen LogP contribution >= 0.6 is 12.2 Å². The summed E-state index contributed by atoms with van der Waals surface area (Å²) in [4.78, 5) is 2.82. The van der Waals surface area contributed by atoms with Crippen molar-refractivity contribution in [2.24, 2.45) is 0 Å². The Morgan fingerprint density at radius 3 is 2.29 bits per heavy atom. The number of halogens is 4. The van der Waals surface area contributed by atoms with E-state index in [4.69, 9.17) is 12.2 Å². The largest absolute Gasteiger partial charge is 0.419 e. The molecular formula is C14H14F4N2S. The lowest BCUT2D eigenvalue weighted by atomic mass is 9.92. The fraction of sp³-hybridized carbons (Fsp3) is 0.357. The van der Waals surface area contributed by atoms with Crippen molar-refractivity contribution in [3.8, 4) is 5.69 Å². The maximum atomic E-state index is 13.4. The van der Waals surface area contributed by atoms with Crippen molar-refractivity contribution < 1.29 is 17.6 Å². The van der Waals surface area contributed by atoms with Gasteiger partial charge in [-0.25, -0.2) is 4.39 Å². The van der Waals surface area contributed by atoms with E-state index in [-0.39, 0.29) is 15.9 Å². The first kappa shape index (κ1) is 15.8. The molecule has 0 aliphatic heterocycles. The third-order valence-corrected chi connectivity index (χ3v) is 3.36. The first-order valence-corrected chi connectivity index (χ1v) is 6.60. The van der Waals surface area contributed by atoms with Crippen molar-refractivity contribution in [2.45, 2.75) is 32.4 Å². The molecule has 1 N–H and O–H groups in total. The van der Waals surface area contributed by atoms with Crippen LogP contribution in [0, 0.1) is 10.6 Å². The summed E-state index contributed by atoms with van der Waals surface area (Å²) < 4.78 is 53.6. The van der Waals surface area contributed by atoms with E-state index in [9.17, 15) is 17.6 Å². The molecule has 0 spiro atoms. The Kier molecular flexibility index (Phi) is 3.73. The molecule has 0 radical (unpaired) electrons. The number of imidazole rings is 1. The molecule has 0 fully saturated rings. The van der Waals surface area contributed by atoms with E-state index in [0.29, 0.717) is 5.69 Å². The van der Waals surface area contributed by atoms with E-state index in [1.165, 1.54) is 10.6 Å². The summed E-state index contributed by atoms with van der Waals surface area (Å²) in [6.45, 7) is 5.74. The monoisotopic (exact) mass is 318 g/mol. The molecule has 1 aromatic carbocycles. The normalized spacial score (nSPS) is 12.7. The summed E-state index contributed by atoms with van der Waals surface area (Å²) in [5, 5.41) is 0. The number of hydrogen-bond acceptors (Lipinski definition) is 1. The predicted octanol–water partition coefficient (Wildman–Crippen LogP) is 4.99. The van der Waals surface area contributed by atoms with Gasteiger partial charge < -0.3 is 4.98 Å². The van der Waals surface area contributed by atoms with Crippen molar-refractivity contribution in [1.29, 1.82) is 0 Å². The number of benzene rings is 1. The molecule has 21 heavy (non-hydrogen) atoms. The van der Waals surface area contributed by atoms with Crippen molar-refractivity contribution in [1.82, 2.24) is 9.55 Å². The molecule has 0 unspecified atom stereocenters. The molecule has 0 atom stereocenters. The Labute approximate surface area is 124 Å². The minimum atomic E-state index is -4.75. The molecule has 0 aliphatic carbocycles. The lowest BCUT2D eigenvalue weighted by Gasteiger charge is -2.21. The molecule has 7 heteroatoms.